The average molecular weight is 406 g/mol. The number of carbonyl (C=O) groups is 2. The second kappa shape index (κ2) is 8.87. The predicted molar refractivity (Wildman–Crippen MR) is 107 cm³/mol. The minimum absolute atomic E-state index is 0.125. The monoisotopic (exact) mass is 405 g/mol. The average Bonchev–Trinajstić information content (AvgIpc) is 3.16. The van der Waals surface area contributed by atoms with Crippen LogP contribution in [-0.4, -0.2) is 54.0 Å². The summed E-state index contributed by atoms with van der Waals surface area (Å²) < 4.78 is 6.41. The highest BCUT2D eigenvalue weighted by molar-refractivity contribution is 8.01. The number of likely N-dealkylation sites (N-methyl/N-ethyl adjacent to an activating group) is 1. The van der Waals surface area contributed by atoms with Crippen LogP contribution >= 0.6 is 23.1 Å². The Morgan fingerprint density at radius 3 is 3.04 bits per heavy atom. The summed E-state index contributed by atoms with van der Waals surface area (Å²) in [6.45, 7) is 4.40. The maximum atomic E-state index is 12.8. The van der Waals surface area contributed by atoms with Crippen LogP contribution in [-0.2, 0) is 9.59 Å². The van der Waals surface area contributed by atoms with Crippen molar-refractivity contribution in [3.05, 3.63) is 36.9 Å². The summed E-state index contributed by atoms with van der Waals surface area (Å²) in [4.78, 5) is 26.4. The number of amides is 2. The predicted octanol–water partition coefficient (Wildman–Crippen LogP) is 1.77. The molecule has 1 aliphatic heterocycles. The molecule has 10 heteroatoms. The molecule has 2 heterocycles. The van der Waals surface area contributed by atoms with Gasteiger partial charge in [-0.3, -0.25) is 9.59 Å². The number of aromatic nitrogens is 2. The summed E-state index contributed by atoms with van der Waals surface area (Å²) in [5, 5.41) is 14.4. The standard InChI is InChI=1S/C17H19N5O3S2/c1-3-8-19-16-20-21-17(27-16)26-10-14(23)22-9-13(15(24)18-2)25-12-7-5-4-6-11(12)22/h3-7,13H,1,8-10H2,2H3,(H,18,24)(H,19,20). The molecule has 1 aliphatic rings. The quantitative estimate of drug-likeness (QED) is 0.535. The Morgan fingerprint density at radius 1 is 1.44 bits per heavy atom. The van der Waals surface area contributed by atoms with Gasteiger partial charge in [0.25, 0.3) is 5.91 Å². The molecule has 2 N–H and O–H groups in total. The summed E-state index contributed by atoms with van der Waals surface area (Å²) in [6, 6.07) is 7.19. The third-order valence-corrected chi connectivity index (χ3v) is 5.74. The number of fused-ring (bicyclic) bond motifs is 1. The van der Waals surface area contributed by atoms with Crippen molar-refractivity contribution in [2.75, 3.05) is 36.1 Å². The van der Waals surface area contributed by atoms with E-state index in [2.05, 4.69) is 27.4 Å². The van der Waals surface area contributed by atoms with Crippen molar-refractivity contribution >= 4 is 45.7 Å². The molecule has 0 radical (unpaired) electrons. The Labute approximate surface area is 165 Å². The number of rotatable bonds is 7. The SMILES string of the molecule is C=CCNc1nnc(SCC(=O)N2CC(C(=O)NC)Oc3ccccc32)s1. The second-order valence-electron chi connectivity index (χ2n) is 5.52. The molecule has 0 aliphatic carbocycles. The Hall–Kier alpha value is -2.59. The fourth-order valence-electron chi connectivity index (χ4n) is 2.47. The van der Waals surface area contributed by atoms with E-state index in [0.717, 1.165) is 0 Å². The van der Waals surface area contributed by atoms with Crippen molar-refractivity contribution in [1.29, 1.82) is 0 Å². The molecule has 1 aromatic carbocycles. The normalized spacial score (nSPS) is 15.4. The summed E-state index contributed by atoms with van der Waals surface area (Å²) in [6.07, 6.45) is 0.992. The molecule has 142 valence electrons. The molecule has 1 aromatic heterocycles. The molecule has 1 unspecified atom stereocenters. The van der Waals surface area contributed by atoms with Gasteiger partial charge in [-0.15, -0.1) is 16.8 Å². The van der Waals surface area contributed by atoms with Gasteiger partial charge in [0.05, 0.1) is 18.0 Å². The number of anilines is 2. The van der Waals surface area contributed by atoms with Crippen molar-refractivity contribution < 1.29 is 14.3 Å². The molecule has 3 rings (SSSR count). The van der Waals surface area contributed by atoms with Crippen molar-refractivity contribution in [1.82, 2.24) is 15.5 Å². The van der Waals surface area contributed by atoms with Crippen molar-refractivity contribution in [2.45, 2.75) is 10.4 Å². The molecule has 1 atom stereocenters. The van der Waals surface area contributed by atoms with E-state index in [1.54, 1.807) is 30.2 Å². The van der Waals surface area contributed by atoms with Gasteiger partial charge in [-0.1, -0.05) is 41.3 Å². The number of hydrogen-bond donors (Lipinski definition) is 2. The first-order valence-corrected chi connectivity index (χ1v) is 10.0. The molecule has 0 bridgehead atoms. The van der Waals surface area contributed by atoms with E-state index >= 15 is 0 Å². The highest BCUT2D eigenvalue weighted by Crippen LogP contribution is 2.34. The maximum Gasteiger partial charge on any atom is 0.262 e. The first kappa shape index (κ1) is 19.2. The first-order valence-electron chi connectivity index (χ1n) is 8.21. The summed E-state index contributed by atoms with van der Waals surface area (Å²) in [5.41, 5.74) is 0.661. The largest absolute Gasteiger partial charge is 0.477 e. The number of para-hydroxylation sites is 2. The van der Waals surface area contributed by atoms with Crippen LogP contribution in [0.1, 0.15) is 0 Å². The Morgan fingerprint density at radius 2 is 2.26 bits per heavy atom. The minimum atomic E-state index is -0.741. The molecule has 2 aromatic rings. The van der Waals surface area contributed by atoms with E-state index in [9.17, 15) is 9.59 Å². The van der Waals surface area contributed by atoms with Gasteiger partial charge < -0.3 is 20.3 Å². The molecule has 0 fully saturated rings. The summed E-state index contributed by atoms with van der Waals surface area (Å²) >= 11 is 2.69. The van der Waals surface area contributed by atoms with Crippen LogP contribution in [0.5, 0.6) is 5.75 Å². The molecule has 0 saturated carbocycles. The van der Waals surface area contributed by atoms with E-state index in [1.165, 1.54) is 23.1 Å². The zero-order valence-corrected chi connectivity index (χ0v) is 16.3. The number of thioether (sulfide) groups is 1. The second-order valence-corrected chi connectivity index (χ2v) is 7.72. The highest BCUT2D eigenvalue weighted by atomic mass is 32.2. The van der Waals surface area contributed by atoms with E-state index in [4.69, 9.17) is 4.74 Å². The number of carbonyl (C=O) groups excluding carboxylic acids is 2. The van der Waals surface area contributed by atoms with Gasteiger partial charge in [0.2, 0.25) is 11.0 Å². The van der Waals surface area contributed by atoms with Gasteiger partial charge in [0, 0.05) is 13.6 Å². The molecular weight excluding hydrogens is 386 g/mol. The van der Waals surface area contributed by atoms with E-state index < -0.39 is 6.10 Å². The van der Waals surface area contributed by atoms with Gasteiger partial charge >= 0.3 is 0 Å². The molecule has 2 amide bonds. The van der Waals surface area contributed by atoms with Crippen molar-refractivity contribution in [3.63, 3.8) is 0 Å². The van der Waals surface area contributed by atoms with Crippen molar-refractivity contribution in [3.8, 4) is 5.75 Å². The summed E-state index contributed by atoms with van der Waals surface area (Å²) in [7, 11) is 1.54. The van der Waals surface area contributed by atoms with Gasteiger partial charge in [-0.05, 0) is 12.1 Å². The van der Waals surface area contributed by atoms with Crippen LogP contribution < -0.4 is 20.3 Å². The Kier molecular flexibility index (Phi) is 6.30. The lowest BCUT2D eigenvalue weighted by atomic mass is 10.2. The maximum absolute atomic E-state index is 12.8. The molecule has 27 heavy (non-hydrogen) atoms. The molecule has 0 spiro atoms. The number of nitrogens with zero attached hydrogens (tertiary/aromatic N) is 3. The third kappa shape index (κ3) is 4.58. The van der Waals surface area contributed by atoms with Crippen LogP contribution in [0.2, 0.25) is 0 Å². The molecule has 8 nitrogen and oxygen atoms in total. The van der Waals surface area contributed by atoms with Crippen molar-refractivity contribution in [2.24, 2.45) is 0 Å². The lowest BCUT2D eigenvalue weighted by Crippen LogP contribution is -2.50. The lowest BCUT2D eigenvalue weighted by Gasteiger charge is -2.33. The number of nitrogens with one attached hydrogen (secondary N) is 2. The van der Waals surface area contributed by atoms with Crippen LogP contribution in [0, 0.1) is 0 Å². The van der Waals surface area contributed by atoms with E-state index in [0.29, 0.717) is 27.5 Å². The lowest BCUT2D eigenvalue weighted by molar-refractivity contribution is -0.127. The number of hydrogen-bond acceptors (Lipinski definition) is 8. The van der Waals surface area contributed by atoms with Crippen LogP contribution in [0.25, 0.3) is 0 Å². The summed E-state index contributed by atoms with van der Waals surface area (Å²) in [5.74, 6) is 0.310. The zero-order valence-electron chi connectivity index (χ0n) is 14.7. The Balaban J connectivity index is 1.68. The Bertz CT molecular complexity index is 841. The minimum Gasteiger partial charge on any atom is -0.477 e. The zero-order chi connectivity index (χ0) is 19.2. The number of benzene rings is 1. The smallest absolute Gasteiger partial charge is 0.262 e. The number of ether oxygens (including phenoxy) is 1. The van der Waals surface area contributed by atoms with Gasteiger partial charge in [0.1, 0.15) is 5.75 Å². The fraction of sp³-hybridized carbons (Fsp3) is 0.294. The molecular formula is C17H19N5O3S2. The van der Waals surface area contributed by atoms with Gasteiger partial charge in [-0.2, -0.15) is 0 Å². The van der Waals surface area contributed by atoms with Crippen LogP contribution in [0.3, 0.4) is 0 Å². The third-order valence-electron chi connectivity index (χ3n) is 3.74. The highest BCUT2D eigenvalue weighted by Gasteiger charge is 2.33. The van der Waals surface area contributed by atoms with E-state index in [-0.39, 0.29) is 24.1 Å². The van der Waals surface area contributed by atoms with Gasteiger partial charge in [0.15, 0.2) is 10.4 Å². The van der Waals surface area contributed by atoms with Crippen LogP contribution in [0.4, 0.5) is 10.8 Å². The topological polar surface area (TPSA) is 96.5 Å². The van der Waals surface area contributed by atoms with Gasteiger partial charge in [-0.25, -0.2) is 0 Å². The van der Waals surface area contributed by atoms with E-state index in [1.807, 2.05) is 12.1 Å². The fourth-order valence-corrected chi connectivity index (χ4v) is 4.10. The first-order chi connectivity index (χ1) is 13.1. The molecule has 0 saturated heterocycles. The van der Waals surface area contributed by atoms with Crippen LogP contribution in [0.15, 0.2) is 41.3 Å².